The van der Waals surface area contributed by atoms with Crippen molar-refractivity contribution in [3.05, 3.63) is 84.9 Å². The van der Waals surface area contributed by atoms with Crippen molar-refractivity contribution in [2.45, 2.75) is 13.1 Å². The van der Waals surface area contributed by atoms with Crippen LogP contribution < -0.4 is 9.13 Å². The van der Waals surface area contributed by atoms with Crippen LogP contribution in [0.4, 0.5) is 0 Å². The Balaban J connectivity index is 1.66. The van der Waals surface area contributed by atoms with E-state index in [4.69, 9.17) is 9.79 Å². The Kier molecular flexibility index (Phi) is 5.39. The third-order valence-electron chi connectivity index (χ3n) is 3.97. The van der Waals surface area contributed by atoms with Crippen LogP contribution in [-0.2, 0) is 17.7 Å². The second kappa shape index (κ2) is 7.70. The molecule has 2 N–H and O–H groups in total. The molecule has 0 unspecified atom stereocenters. The Labute approximate surface area is 147 Å². The van der Waals surface area contributed by atoms with E-state index in [9.17, 15) is 4.57 Å². The van der Waals surface area contributed by atoms with E-state index in [2.05, 4.69) is 41.2 Å². The highest BCUT2D eigenvalue weighted by molar-refractivity contribution is 7.51. The van der Waals surface area contributed by atoms with Crippen LogP contribution in [-0.4, -0.2) is 15.9 Å². The normalized spacial score (nSPS) is 11.4. The molecule has 0 amide bonds. The minimum Gasteiger partial charge on any atom is -0.324 e. The second-order valence-electron chi connectivity index (χ2n) is 5.96. The number of rotatable bonds is 6. The van der Waals surface area contributed by atoms with Crippen molar-refractivity contribution in [1.29, 1.82) is 0 Å². The molecule has 0 aliphatic rings. The largest absolute Gasteiger partial charge is 0.331 e. The van der Waals surface area contributed by atoms with Gasteiger partial charge in [0.2, 0.25) is 0 Å². The highest BCUT2D eigenvalue weighted by atomic mass is 31.2. The van der Waals surface area contributed by atoms with Crippen LogP contribution in [0.1, 0.15) is 5.56 Å². The number of aryl methyl sites for hydroxylation is 1. The maximum atomic E-state index is 10.9. The van der Waals surface area contributed by atoms with Crippen LogP contribution in [0.15, 0.2) is 79.4 Å². The van der Waals surface area contributed by atoms with Gasteiger partial charge in [-0.15, -0.1) is 0 Å². The molecule has 0 fully saturated rings. The smallest absolute Gasteiger partial charge is 0.324 e. The average Bonchev–Trinajstić information content (AvgIpc) is 2.61. The predicted octanol–water partition coefficient (Wildman–Crippen LogP) is 2.15. The quantitative estimate of drug-likeness (QED) is 0.525. The van der Waals surface area contributed by atoms with Crippen molar-refractivity contribution >= 4 is 7.60 Å². The van der Waals surface area contributed by atoms with E-state index in [1.165, 1.54) is 5.56 Å². The van der Waals surface area contributed by atoms with Crippen LogP contribution in [0.5, 0.6) is 0 Å². The third-order valence-corrected chi connectivity index (χ3v) is 4.76. The Bertz CT molecular complexity index is 859. The molecule has 1 aromatic carbocycles. The fraction of sp³-hybridized carbons (Fsp3) is 0.158. The first-order chi connectivity index (χ1) is 12.0. The van der Waals surface area contributed by atoms with Crippen LogP contribution in [0.3, 0.4) is 0 Å². The summed E-state index contributed by atoms with van der Waals surface area (Å²) in [4.78, 5) is 17.9. The molecule has 0 atom stereocenters. The summed E-state index contributed by atoms with van der Waals surface area (Å²) in [5.41, 5.74) is 3.43. The number of pyridine rings is 2. The lowest BCUT2D eigenvalue weighted by Crippen LogP contribution is -2.34. The molecule has 0 aliphatic carbocycles. The average molecular weight is 356 g/mol. The minimum absolute atomic E-state index is 0.151. The molecule has 2 heterocycles. The van der Waals surface area contributed by atoms with E-state index in [1.54, 1.807) is 4.57 Å². The molecular weight excluding hydrogens is 335 g/mol. The van der Waals surface area contributed by atoms with Crippen LogP contribution >= 0.6 is 7.60 Å². The van der Waals surface area contributed by atoms with Crippen molar-refractivity contribution in [2.75, 3.05) is 6.16 Å². The van der Waals surface area contributed by atoms with Crippen LogP contribution in [0, 0.1) is 0 Å². The van der Waals surface area contributed by atoms with Gasteiger partial charge in [-0.05, 0) is 11.1 Å². The van der Waals surface area contributed by atoms with Crippen LogP contribution in [0.2, 0.25) is 0 Å². The predicted molar refractivity (Wildman–Crippen MR) is 94.7 cm³/mol. The van der Waals surface area contributed by atoms with Gasteiger partial charge in [0.25, 0.3) is 0 Å². The SMILES string of the molecule is O=P(O)(O)CC[n+]1ccc(-c2cc[n+](Cc3ccccc3)cc2)cc1. The lowest BCUT2D eigenvalue weighted by molar-refractivity contribution is -0.692. The van der Waals surface area contributed by atoms with Crippen molar-refractivity contribution in [2.24, 2.45) is 0 Å². The molecular formula is C19H21N2O3P+2. The monoisotopic (exact) mass is 356 g/mol. The molecule has 5 nitrogen and oxygen atoms in total. The van der Waals surface area contributed by atoms with E-state index in [-0.39, 0.29) is 6.16 Å². The van der Waals surface area contributed by atoms with Gasteiger partial charge in [-0.1, -0.05) is 30.3 Å². The maximum absolute atomic E-state index is 10.9. The van der Waals surface area contributed by atoms with Gasteiger partial charge in [-0.25, -0.2) is 9.13 Å². The zero-order valence-electron chi connectivity index (χ0n) is 13.8. The number of aromatic nitrogens is 2. The lowest BCUT2D eigenvalue weighted by atomic mass is 10.1. The third kappa shape index (κ3) is 5.33. The van der Waals surface area contributed by atoms with Crippen molar-refractivity contribution in [3.8, 4) is 11.1 Å². The molecule has 2 aromatic heterocycles. The Morgan fingerprint density at radius 1 is 0.760 bits per heavy atom. The molecule has 0 spiro atoms. The van der Waals surface area contributed by atoms with E-state index < -0.39 is 7.60 Å². The first-order valence-corrected chi connectivity index (χ1v) is 9.86. The summed E-state index contributed by atoms with van der Waals surface area (Å²) in [6.07, 6.45) is 7.64. The topological polar surface area (TPSA) is 65.3 Å². The molecule has 0 saturated carbocycles. The van der Waals surface area contributed by atoms with Gasteiger partial charge in [-0.2, -0.15) is 0 Å². The standard InChI is InChI=1S/C19H19N2O3P/c22-25(23,24)15-14-20-10-6-18(7-11-20)19-8-12-21(13-9-19)16-17-4-2-1-3-5-17/h1-13H,14-16H2/p+2. The fourth-order valence-corrected chi connectivity index (χ4v) is 3.09. The highest BCUT2D eigenvalue weighted by Gasteiger charge is 2.16. The molecule has 3 rings (SSSR count). The molecule has 0 radical (unpaired) electrons. The molecule has 0 bridgehead atoms. The Morgan fingerprint density at radius 3 is 1.80 bits per heavy atom. The summed E-state index contributed by atoms with van der Waals surface area (Å²) in [7, 11) is -3.96. The molecule has 0 saturated heterocycles. The summed E-state index contributed by atoms with van der Waals surface area (Å²) < 4.78 is 14.8. The maximum Gasteiger partial charge on any atom is 0.331 e. The molecule has 6 heteroatoms. The van der Waals surface area contributed by atoms with Gasteiger partial charge < -0.3 is 9.79 Å². The molecule has 25 heavy (non-hydrogen) atoms. The van der Waals surface area contributed by atoms with Crippen LogP contribution in [0.25, 0.3) is 11.1 Å². The van der Waals surface area contributed by atoms with Gasteiger partial charge in [-0.3, -0.25) is 4.57 Å². The van der Waals surface area contributed by atoms with Gasteiger partial charge in [0.15, 0.2) is 37.9 Å². The Morgan fingerprint density at radius 2 is 1.28 bits per heavy atom. The van der Waals surface area contributed by atoms with E-state index in [0.717, 1.165) is 17.7 Å². The summed E-state index contributed by atoms with van der Waals surface area (Å²) in [6.45, 7) is 1.13. The molecule has 128 valence electrons. The summed E-state index contributed by atoms with van der Waals surface area (Å²) in [5.74, 6) is 0. The molecule has 3 aromatic rings. The lowest BCUT2D eigenvalue weighted by Gasteiger charge is -2.03. The number of hydrogen-bond donors (Lipinski definition) is 2. The number of hydrogen-bond acceptors (Lipinski definition) is 1. The van der Waals surface area contributed by atoms with E-state index in [0.29, 0.717) is 6.54 Å². The van der Waals surface area contributed by atoms with Gasteiger partial charge in [0, 0.05) is 29.8 Å². The van der Waals surface area contributed by atoms with Crippen molar-refractivity contribution in [3.63, 3.8) is 0 Å². The molecule has 0 aliphatic heterocycles. The number of nitrogens with zero attached hydrogens (tertiary/aromatic N) is 2. The Hall–Kier alpha value is -2.33. The first kappa shape index (κ1) is 17.5. The summed E-state index contributed by atoms with van der Waals surface area (Å²) >= 11 is 0. The van der Waals surface area contributed by atoms with Gasteiger partial charge >= 0.3 is 7.60 Å². The van der Waals surface area contributed by atoms with E-state index in [1.807, 2.05) is 42.7 Å². The fourth-order valence-electron chi connectivity index (χ4n) is 2.59. The zero-order valence-corrected chi connectivity index (χ0v) is 14.7. The summed E-state index contributed by atoms with van der Waals surface area (Å²) in [5, 5.41) is 0. The number of benzene rings is 1. The van der Waals surface area contributed by atoms with Crippen molar-refractivity contribution in [1.82, 2.24) is 0 Å². The van der Waals surface area contributed by atoms with Gasteiger partial charge in [0.1, 0.15) is 6.16 Å². The first-order valence-electron chi connectivity index (χ1n) is 8.07. The van der Waals surface area contributed by atoms with Crippen molar-refractivity contribution < 1.29 is 23.5 Å². The minimum atomic E-state index is -3.96. The van der Waals surface area contributed by atoms with E-state index >= 15 is 0 Å². The summed E-state index contributed by atoms with van der Waals surface area (Å²) in [6, 6.07) is 18.3. The highest BCUT2D eigenvalue weighted by Crippen LogP contribution is 2.33. The van der Waals surface area contributed by atoms with Gasteiger partial charge in [0.05, 0.1) is 0 Å². The second-order valence-corrected chi connectivity index (χ2v) is 7.73. The zero-order chi connectivity index (χ0) is 17.7.